The van der Waals surface area contributed by atoms with Crippen molar-refractivity contribution in [3.05, 3.63) is 33.4 Å². The monoisotopic (exact) mass is 419 g/mol. The van der Waals surface area contributed by atoms with Gasteiger partial charge in [0.05, 0.1) is 10.6 Å². The first-order valence-corrected chi connectivity index (χ1v) is 11.7. The molecule has 7 heteroatoms. The second kappa shape index (κ2) is 9.27. The molecule has 28 heavy (non-hydrogen) atoms. The summed E-state index contributed by atoms with van der Waals surface area (Å²) in [5.41, 5.74) is 1.28. The van der Waals surface area contributed by atoms with Gasteiger partial charge in [-0.05, 0) is 50.5 Å². The molecule has 0 bridgehead atoms. The van der Waals surface area contributed by atoms with Crippen LogP contribution in [0.25, 0.3) is 10.2 Å². The number of aromatic nitrogens is 2. The first-order valence-electron chi connectivity index (χ1n) is 10.0. The molecule has 2 heterocycles. The maximum Gasteiger partial charge on any atom is 0.263 e. The van der Waals surface area contributed by atoms with Gasteiger partial charge in [-0.25, -0.2) is 4.98 Å². The fourth-order valence-electron chi connectivity index (χ4n) is 3.42. The number of rotatable bonds is 8. The van der Waals surface area contributed by atoms with Crippen LogP contribution in [0.15, 0.2) is 22.6 Å². The molecule has 1 amide bonds. The van der Waals surface area contributed by atoms with Crippen LogP contribution in [-0.4, -0.2) is 27.3 Å². The minimum atomic E-state index is -0.329. The van der Waals surface area contributed by atoms with Crippen LogP contribution in [0.1, 0.15) is 50.5 Å². The zero-order valence-corrected chi connectivity index (χ0v) is 18.5. The summed E-state index contributed by atoms with van der Waals surface area (Å²) < 4.78 is 1.80. The lowest BCUT2D eigenvalue weighted by Crippen LogP contribution is -2.32. The van der Waals surface area contributed by atoms with E-state index in [1.54, 1.807) is 22.0 Å². The lowest BCUT2D eigenvalue weighted by atomic mass is 9.97. The number of thioether (sulfide) groups is 1. The molecule has 1 N–H and O–H groups in total. The van der Waals surface area contributed by atoms with E-state index in [4.69, 9.17) is 4.98 Å². The molecule has 5 nitrogen and oxygen atoms in total. The molecule has 0 saturated carbocycles. The summed E-state index contributed by atoms with van der Waals surface area (Å²) in [6.45, 7) is 10.9. The summed E-state index contributed by atoms with van der Waals surface area (Å²) >= 11 is 3.03. The van der Waals surface area contributed by atoms with Crippen LogP contribution < -0.4 is 10.9 Å². The van der Waals surface area contributed by atoms with Gasteiger partial charge < -0.3 is 5.32 Å². The topological polar surface area (TPSA) is 64.0 Å². The number of hydrogen-bond donors (Lipinski definition) is 1. The molecular formula is C21H29N3O2S2. The van der Waals surface area contributed by atoms with Gasteiger partial charge in [0.1, 0.15) is 4.83 Å². The molecule has 1 atom stereocenters. The number of carbonyl (C=O) groups is 1. The number of amides is 1. The molecule has 1 unspecified atom stereocenters. The summed E-state index contributed by atoms with van der Waals surface area (Å²) in [7, 11) is 0. The number of carbonyl (C=O) groups excluding carboxylic acids is 1. The first-order chi connectivity index (χ1) is 13.4. The predicted molar refractivity (Wildman–Crippen MR) is 119 cm³/mol. The molecule has 0 spiro atoms. The maximum absolute atomic E-state index is 13.4. The fraction of sp³-hybridized carbons (Fsp3) is 0.571. The summed E-state index contributed by atoms with van der Waals surface area (Å²) in [4.78, 5) is 32.7. The van der Waals surface area contributed by atoms with Crippen molar-refractivity contribution in [2.75, 3.05) is 6.54 Å². The highest BCUT2D eigenvalue weighted by molar-refractivity contribution is 8.00. The second-order valence-electron chi connectivity index (χ2n) is 7.72. The van der Waals surface area contributed by atoms with Gasteiger partial charge in [0, 0.05) is 18.0 Å². The molecule has 1 aliphatic rings. The fourth-order valence-corrected chi connectivity index (χ4v) is 5.68. The number of fused-ring (bicyclic) bond motifs is 3. The molecule has 2 aromatic rings. The van der Waals surface area contributed by atoms with E-state index in [2.05, 4.69) is 25.7 Å². The van der Waals surface area contributed by atoms with E-state index >= 15 is 0 Å². The number of nitrogens with zero attached hydrogens (tertiary/aromatic N) is 2. The van der Waals surface area contributed by atoms with Crippen molar-refractivity contribution >= 4 is 39.2 Å². The Kier molecular flexibility index (Phi) is 6.99. The quantitative estimate of drug-likeness (QED) is 0.396. The highest BCUT2D eigenvalue weighted by Gasteiger charge is 2.24. The van der Waals surface area contributed by atoms with Crippen molar-refractivity contribution in [3.63, 3.8) is 0 Å². The maximum atomic E-state index is 13.4. The van der Waals surface area contributed by atoms with Crippen LogP contribution in [0.4, 0.5) is 0 Å². The van der Waals surface area contributed by atoms with Crippen LogP contribution in [0, 0.1) is 5.92 Å². The Morgan fingerprint density at radius 2 is 2.11 bits per heavy atom. The molecule has 0 radical (unpaired) electrons. The van der Waals surface area contributed by atoms with E-state index in [0.29, 0.717) is 24.2 Å². The molecule has 0 aliphatic heterocycles. The van der Waals surface area contributed by atoms with Gasteiger partial charge in [0.2, 0.25) is 5.91 Å². The van der Waals surface area contributed by atoms with Crippen molar-refractivity contribution < 1.29 is 4.79 Å². The van der Waals surface area contributed by atoms with Crippen molar-refractivity contribution in [1.29, 1.82) is 0 Å². The summed E-state index contributed by atoms with van der Waals surface area (Å²) in [6, 6.07) is 0. The number of aryl methyl sites for hydroxylation is 2. The number of thiophene rings is 1. The van der Waals surface area contributed by atoms with Gasteiger partial charge in [-0.15, -0.1) is 17.9 Å². The lowest BCUT2D eigenvalue weighted by molar-refractivity contribution is -0.120. The lowest BCUT2D eigenvalue weighted by Gasteiger charge is -2.16. The van der Waals surface area contributed by atoms with Gasteiger partial charge in [-0.2, -0.15) is 0 Å². The Hall–Kier alpha value is -1.60. The van der Waals surface area contributed by atoms with E-state index in [9.17, 15) is 9.59 Å². The SMILES string of the molecule is C=CCNC(=O)C(C)Sc1nc2sc3c(c2c(=O)n1CCC(C)C)CCCC3. The Balaban J connectivity index is 2.01. The molecule has 0 aromatic carbocycles. The smallest absolute Gasteiger partial charge is 0.263 e. The average Bonchev–Trinajstić information content (AvgIpc) is 3.03. The van der Waals surface area contributed by atoms with Gasteiger partial charge in [0.15, 0.2) is 5.16 Å². The van der Waals surface area contributed by atoms with Gasteiger partial charge in [-0.1, -0.05) is 31.7 Å². The van der Waals surface area contributed by atoms with E-state index in [1.807, 2.05) is 6.92 Å². The van der Waals surface area contributed by atoms with Gasteiger partial charge >= 0.3 is 0 Å². The third-order valence-electron chi connectivity index (χ3n) is 5.04. The van der Waals surface area contributed by atoms with Crippen molar-refractivity contribution in [2.45, 2.75) is 69.8 Å². The molecule has 152 valence electrons. The highest BCUT2D eigenvalue weighted by atomic mass is 32.2. The summed E-state index contributed by atoms with van der Waals surface area (Å²) in [5.74, 6) is 0.422. The normalized spacial score (nSPS) is 14.9. The van der Waals surface area contributed by atoms with Crippen molar-refractivity contribution in [1.82, 2.24) is 14.9 Å². The Morgan fingerprint density at radius 3 is 2.82 bits per heavy atom. The molecule has 3 rings (SSSR count). The van der Waals surface area contributed by atoms with Crippen LogP contribution in [-0.2, 0) is 24.2 Å². The van der Waals surface area contributed by atoms with Crippen LogP contribution in [0.2, 0.25) is 0 Å². The third kappa shape index (κ3) is 4.51. The van der Waals surface area contributed by atoms with E-state index in [1.165, 1.54) is 28.6 Å². The standard InChI is InChI=1S/C21H29N3O2S2/c1-5-11-22-18(25)14(4)27-21-23-19-17(15-8-6-7-9-16(15)28-19)20(26)24(21)12-10-13(2)3/h5,13-14H,1,6-12H2,2-4H3,(H,22,25). The summed E-state index contributed by atoms with van der Waals surface area (Å²) in [6.07, 6.45) is 6.91. The van der Waals surface area contributed by atoms with E-state index in [-0.39, 0.29) is 16.7 Å². The van der Waals surface area contributed by atoms with Gasteiger partial charge in [0.25, 0.3) is 5.56 Å². The number of nitrogens with one attached hydrogen (secondary N) is 1. The number of hydrogen-bond acceptors (Lipinski definition) is 5. The Labute approximate surface area is 174 Å². The minimum Gasteiger partial charge on any atom is -0.352 e. The first kappa shape index (κ1) is 21.1. The van der Waals surface area contributed by atoms with E-state index < -0.39 is 0 Å². The average molecular weight is 420 g/mol. The second-order valence-corrected chi connectivity index (χ2v) is 10.1. The molecule has 0 saturated heterocycles. The van der Waals surface area contributed by atoms with Crippen molar-refractivity contribution in [3.8, 4) is 0 Å². The molecular weight excluding hydrogens is 390 g/mol. The van der Waals surface area contributed by atoms with Crippen molar-refractivity contribution in [2.24, 2.45) is 5.92 Å². The van der Waals surface area contributed by atoms with Crippen LogP contribution in [0.5, 0.6) is 0 Å². The van der Waals surface area contributed by atoms with Gasteiger partial charge in [-0.3, -0.25) is 14.2 Å². The zero-order valence-electron chi connectivity index (χ0n) is 16.9. The molecule has 1 aliphatic carbocycles. The van der Waals surface area contributed by atoms with Crippen LogP contribution in [0.3, 0.4) is 0 Å². The Morgan fingerprint density at radius 1 is 1.36 bits per heavy atom. The third-order valence-corrected chi connectivity index (χ3v) is 7.32. The zero-order chi connectivity index (χ0) is 20.3. The predicted octanol–water partition coefficient (Wildman–Crippen LogP) is 4.17. The van der Waals surface area contributed by atoms with E-state index in [0.717, 1.165) is 35.9 Å². The largest absolute Gasteiger partial charge is 0.352 e. The van der Waals surface area contributed by atoms with Crippen LogP contribution >= 0.6 is 23.1 Å². The molecule has 2 aromatic heterocycles. The molecule has 0 fully saturated rings. The Bertz CT molecular complexity index is 930. The highest BCUT2D eigenvalue weighted by Crippen LogP contribution is 2.35. The summed E-state index contributed by atoms with van der Waals surface area (Å²) in [5, 5.41) is 3.96. The minimum absolute atomic E-state index is 0.0613.